The zero-order valence-corrected chi connectivity index (χ0v) is 15.7. The number of carbonyl (C=O) groups excluding carboxylic acids is 1. The van der Waals surface area contributed by atoms with E-state index in [0.717, 1.165) is 11.7 Å². The Kier molecular flexibility index (Phi) is 4.48. The molecular weight excluding hydrogens is 343 g/mol. The maximum absolute atomic E-state index is 13.1. The first-order valence-corrected chi connectivity index (χ1v) is 9.45. The topological polar surface area (TPSA) is 35.5 Å². The maximum atomic E-state index is 13.1. The van der Waals surface area contributed by atoms with Gasteiger partial charge in [0.15, 0.2) is 5.52 Å². The number of benzene rings is 3. The third kappa shape index (κ3) is 2.79. The van der Waals surface area contributed by atoms with E-state index in [2.05, 4.69) is 36.4 Å². The second-order valence-electron chi connectivity index (χ2n) is 6.16. The number of fused-ring (bicyclic) bond motifs is 3. The molecule has 0 amide bonds. The van der Waals surface area contributed by atoms with E-state index in [1.54, 1.807) is 26.4 Å². The molecule has 0 saturated heterocycles. The first-order valence-electron chi connectivity index (χ1n) is 8.45. The van der Waals surface area contributed by atoms with E-state index >= 15 is 0 Å². The van der Waals surface area contributed by atoms with Crippen molar-refractivity contribution in [2.75, 3.05) is 14.2 Å². The van der Waals surface area contributed by atoms with Gasteiger partial charge in [0.05, 0.1) is 14.2 Å². The van der Waals surface area contributed by atoms with Gasteiger partial charge in [0.25, 0.3) is 0 Å². The fraction of sp³-hybridized carbons (Fsp3) is 0.136. The molecule has 3 aromatic rings. The molecular formula is C22H19O3P. The molecule has 0 aromatic heterocycles. The number of methoxy groups -OCH3 is 2. The lowest BCUT2D eigenvalue weighted by Crippen LogP contribution is -2.09. The van der Waals surface area contributed by atoms with Crippen LogP contribution in [-0.2, 0) is 6.42 Å². The Labute approximate surface area is 154 Å². The van der Waals surface area contributed by atoms with Crippen molar-refractivity contribution in [1.29, 1.82) is 0 Å². The van der Waals surface area contributed by atoms with E-state index in [1.807, 2.05) is 12.1 Å². The zero-order chi connectivity index (χ0) is 18.1. The van der Waals surface area contributed by atoms with Crippen LogP contribution >= 0.6 is 8.58 Å². The van der Waals surface area contributed by atoms with Gasteiger partial charge in [-0.15, -0.1) is 0 Å². The van der Waals surface area contributed by atoms with Crippen LogP contribution in [0.1, 0.15) is 21.5 Å². The summed E-state index contributed by atoms with van der Waals surface area (Å²) in [6, 6.07) is 20.1. The molecule has 3 nitrogen and oxygen atoms in total. The van der Waals surface area contributed by atoms with Crippen LogP contribution in [0.2, 0.25) is 0 Å². The van der Waals surface area contributed by atoms with Gasteiger partial charge in [-0.1, -0.05) is 48.5 Å². The molecule has 4 rings (SSSR count). The van der Waals surface area contributed by atoms with Crippen molar-refractivity contribution in [1.82, 2.24) is 0 Å². The molecule has 4 heteroatoms. The van der Waals surface area contributed by atoms with Crippen molar-refractivity contribution in [3.05, 3.63) is 77.4 Å². The van der Waals surface area contributed by atoms with Crippen LogP contribution in [0.3, 0.4) is 0 Å². The standard InChI is InChI=1S/C22H19O3P/c1-24-18-10-6-11-19(25-2)21(18)22(23)26-20-12-5-9-16-15-8-4-3-7-14(15)13-17(16)20/h3-12,26H,13H2,1-2H3. The van der Waals surface area contributed by atoms with Crippen molar-refractivity contribution in [2.45, 2.75) is 6.42 Å². The fourth-order valence-electron chi connectivity index (χ4n) is 3.53. The van der Waals surface area contributed by atoms with Crippen LogP contribution in [0, 0.1) is 0 Å². The number of hydrogen-bond acceptors (Lipinski definition) is 3. The quantitative estimate of drug-likeness (QED) is 0.493. The molecule has 0 spiro atoms. The van der Waals surface area contributed by atoms with Gasteiger partial charge in [-0.3, -0.25) is 4.79 Å². The summed E-state index contributed by atoms with van der Waals surface area (Å²) in [6.45, 7) is 0. The fourth-order valence-corrected chi connectivity index (χ4v) is 4.70. The highest BCUT2D eigenvalue weighted by molar-refractivity contribution is 7.66. The summed E-state index contributed by atoms with van der Waals surface area (Å²) in [6.07, 6.45) is 0.880. The molecule has 3 aromatic carbocycles. The molecule has 1 atom stereocenters. The molecule has 1 unspecified atom stereocenters. The summed E-state index contributed by atoms with van der Waals surface area (Å²) in [4.78, 5) is 13.1. The lowest BCUT2D eigenvalue weighted by atomic mass is 10.1. The van der Waals surface area contributed by atoms with Gasteiger partial charge in [0, 0.05) is 0 Å². The molecule has 1 aliphatic carbocycles. The Morgan fingerprint density at radius 3 is 2.23 bits per heavy atom. The van der Waals surface area contributed by atoms with Crippen LogP contribution < -0.4 is 14.8 Å². The average Bonchev–Trinajstić information content (AvgIpc) is 3.07. The summed E-state index contributed by atoms with van der Waals surface area (Å²) < 4.78 is 10.8. The molecule has 0 radical (unpaired) electrons. The third-order valence-corrected chi connectivity index (χ3v) is 5.97. The number of rotatable bonds is 5. The second kappa shape index (κ2) is 6.93. The van der Waals surface area contributed by atoms with Crippen molar-refractivity contribution >= 4 is 19.4 Å². The summed E-state index contributed by atoms with van der Waals surface area (Å²) in [5, 5.41) is 1.09. The van der Waals surface area contributed by atoms with Crippen LogP contribution in [0.15, 0.2) is 60.7 Å². The van der Waals surface area contributed by atoms with Crippen molar-refractivity contribution < 1.29 is 14.3 Å². The van der Waals surface area contributed by atoms with E-state index in [9.17, 15) is 4.79 Å². The van der Waals surface area contributed by atoms with Crippen molar-refractivity contribution in [3.8, 4) is 22.6 Å². The minimum Gasteiger partial charge on any atom is -0.496 e. The van der Waals surface area contributed by atoms with E-state index in [1.165, 1.54) is 22.3 Å². The molecule has 0 saturated carbocycles. The highest BCUT2D eigenvalue weighted by Crippen LogP contribution is 2.39. The smallest absolute Gasteiger partial charge is 0.193 e. The lowest BCUT2D eigenvalue weighted by molar-refractivity contribution is 0.108. The molecule has 26 heavy (non-hydrogen) atoms. The number of hydrogen-bond donors (Lipinski definition) is 0. The Hall–Kier alpha value is -2.64. The van der Waals surface area contributed by atoms with E-state index in [-0.39, 0.29) is 14.1 Å². The Balaban J connectivity index is 1.71. The molecule has 0 heterocycles. The zero-order valence-electron chi connectivity index (χ0n) is 14.7. The Morgan fingerprint density at radius 1 is 0.846 bits per heavy atom. The summed E-state index contributed by atoms with van der Waals surface area (Å²) >= 11 is 0. The largest absolute Gasteiger partial charge is 0.496 e. The molecule has 0 aliphatic heterocycles. The molecule has 0 N–H and O–H groups in total. The van der Waals surface area contributed by atoms with Crippen molar-refractivity contribution in [3.63, 3.8) is 0 Å². The normalized spacial score (nSPS) is 12.1. The average molecular weight is 362 g/mol. The minimum absolute atomic E-state index is 0.0254. The highest BCUT2D eigenvalue weighted by atomic mass is 31.1. The maximum Gasteiger partial charge on any atom is 0.193 e. The highest BCUT2D eigenvalue weighted by Gasteiger charge is 2.24. The lowest BCUT2D eigenvalue weighted by Gasteiger charge is -2.13. The first-order chi connectivity index (χ1) is 12.7. The minimum atomic E-state index is 0.0254. The Morgan fingerprint density at radius 2 is 1.50 bits per heavy atom. The van der Waals surface area contributed by atoms with Crippen LogP contribution in [0.25, 0.3) is 11.1 Å². The third-order valence-electron chi connectivity index (χ3n) is 4.75. The van der Waals surface area contributed by atoms with E-state index in [4.69, 9.17) is 9.47 Å². The number of ether oxygens (including phenoxy) is 2. The Bertz CT molecular complexity index is 972. The summed E-state index contributed by atoms with van der Waals surface area (Å²) in [7, 11) is 3.18. The molecule has 0 fully saturated rings. The van der Waals surface area contributed by atoms with Gasteiger partial charge in [-0.05, 0) is 54.7 Å². The molecule has 1 aliphatic rings. The number of carbonyl (C=O) groups is 1. The van der Waals surface area contributed by atoms with Gasteiger partial charge < -0.3 is 9.47 Å². The van der Waals surface area contributed by atoms with E-state index in [0.29, 0.717) is 17.1 Å². The van der Waals surface area contributed by atoms with Gasteiger partial charge >= 0.3 is 0 Å². The predicted molar refractivity (Wildman–Crippen MR) is 107 cm³/mol. The second-order valence-corrected chi connectivity index (χ2v) is 7.40. The predicted octanol–water partition coefficient (Wildman–Crippen LogP) is 4.42. The van der Waals surface area contributed by atoms with Gasteiger partial charge in [-0.2, -0.15) is 0 Å². The molecule has 0 bridgehead atoms. The van der Waals surface area contributed by atoms with Crippen molar-refractivity contribution in [2.24, 2.45) is 0 Å². The van der Waals surface area contributed by atoms with Gasteiger partial charge in [0.2, 0.25) is 0 Å². The SMILES string of the molecule is COc1cccc(OC)c1C(=O)Pc1cccc2c1Cc1ccccc1-2. The van der Waals surface area contributed by atoms with Crippen LogP contribution in [0.4, 0.5) is 0 Å². The molecule has 130 valence electrons. The van der Waals surface area contributed by atoms with Crippen LogP contribution in [-0.4, -0.2) is 19.7 Å². The summed E-state index contributed by atoms with van der Waals surface area (Å²) in [5.41, 5.74) is 5.64. The summed E-state index contributed by atoms with van der Waals surface area (Å²) in [5.74, 6) is 1.11. The van der Waals surface area contributed by atoms with Gasteiger partial charge in [0.1, 0.15) is 17.1 Å². The van der Waals surface area contributed by atoms with Crippen LogP contribution in [0.5, 0.6) is 11.5 Å². The van der Waals surface area contributed by atoms with E-state index < -0.39 is 0 Å². The monoisotopic (exact) mass is 362 g/mol. The van der Waals surface area contributed by atoms with Gasteiger partial charge in [-0.25, -0.2) is 0 Å². The first kappa shape index (κ1) is 16.8.